The van der Waals surface area contributed by atoms with Gasteiger partial charge in [-0.2, -0.15) is 0 Å². The van der Waals surface area contributed by atoms with E-state index in [1.54, 1.807) is 0 Å². The van der Waals surface area contributed by atoms with Crippen LogP contribution >= 0.6 is 12.4 Å². The SMILES string of the molecule is CNCC#CCOc1ccccc1C(C)(C)C.Cl. The highest BCUT2D eigenvalue weighted by molar-refractivity contribution is 5.85. The van der Waals surface area contributed by atoms with Crippen LogP contribution in [0.15, 0.2) is 24.3 Å². The molecule has 1 N–H and O–H groups in total. The second-order valence-corrected chi connectivity index (χ2v) is 4.92. The monoisotopic (exact) mass is 267 g/mol. The fourth-order valence-corrected chi connectivity index (χ4v) is 1.53. The number of para-hydroxylation sites is 1. The third-order valence-electron chi connectivity index (χ3n) is 2.39. The lowest BCUT2D eigenvalue weighted by Gasteiger charge is -2.22. The first-order chi connectivity index (χ1) is 8.05. The molecule has 1 aromatic rings. The van der Waals surface area contributed by atoms with E-state index in [1.165, 1.54) is 5.56 Å². The molecule has 0 bridgehead atoms. The van der Waals surface area contributed by atoms with Crippen LogP contribution in [0.3, 0.4) is 0 Å². The molecule has 100 valence electrons. The van der Waals surface area contributed by atoms with E-state index in [4.69, 9.17) is 4.74 Å². The lowest BCUT2D eigenvalue weighted by atomic mass is 9.86. The summed E-state index contributed by atoms with van der Waals surface area (Å²) in [5.41, 5.74) is 1.31. The van der Waals surface area contributed by atoms with Gasteiger partial charge in [0.1, 0.15) is 12.4 Å². The molecule has 18 heavy (non-hydrogen) atoms. The van der Waals surface area contributed by atoms with E-state index < -0.39 is 0 Å². The number of nitrogens with one attached hydrogen (secondary N) is 1. The molecule has 0 atom stereocenters. The van der Waals surface area contributed by atoms with Crippen molar-refractivity contribution in [1.82, 2.24) is 5.32 Å². The van der Waals surface area contributed by atoms with Gasteiger partial charge in [-0.25, -0.2) is 0 Å². The van der Waals surface area contributed by atoms with E-state index in [0.717, 1.165) is 5.75 Å². The largest absolute Gasteiger partial charge is 0.481 e. The molecular formula is C15H22ClNO. The Labute approximate surface area is 117 Å². The highest BCUT2D eigenvalue weighted by Gasteiger charge is 2.17. The number of rotatable bonds is 3. The number of benzene rings is 1. The first-order valence-corrected chi connectivity index (χ1v) is 5.88. The molecule has 0 saturated heterocycles. The van der Waals surface area contributed by atoms with Crippen LogP contribution in [0.5, 0.6) is 5.75 Å². The Hall–Kier alpha value is -1.17. The van der Waals surface area contributed by atoms with Gasteiger partial charge in [-0.15, -0.1) is 12.4 Å². The molecular weight excluding hydrogens is 246 g/mol. The van der Waals surface area contributed by atoms with Gasteiger partial charge in [-0.05, 0) is 24.1 Å². The average molecular weight is 268 g/mol. The normalized spacial score (nSPS) is 10.0. The van der Waals surface area contributed by atoms with Crippen LogP contribution in [-0.4, -0.2) is 20.2 Å². The minimum absolute atomic E-state index is 0. The van der Waals surface area contributed by atoms with Crippen molar-refractivity contribution in [3.8, 4) is 17.6 Å². The summed E-state index contributed by atoms with van der Waals surface area (Å²) in [6.45, 7) is 7.69. The van der Waals surface area contributed by atoms with E-state index in [-0.39, 0.29) is 17.8 Å². The summed E-state index contributed by atoms with van der Waals surface area (Å²) in [4.78, 5) is 0. The van der Waals surface area contributed by atoms with Gasteiger partial charge in [0, 0.05) is 0 Å². The molecule has 1 aromatic carbocycles. The van der Waals surface area contributed by atoms with Crippen LogP contribution in [0.1, 0.15) is 26.3 Å². The molecule has 0 saturated carbocycles. The van der Waals surface area contributed by atoms with Gasteiger partial charge in [0.2, 0.25) is 0 Å². The zero-order chi connectivity index (χ0) is 12.7. The van der Waals surface area contributed by atoms with Gasteiger partial charge in [0.25, 0.3) is 0 Å². The van der Waals surface area contributed by atoms with Crippen LogP contribution in [0.25, 0.3) is 0 Å². The molecule has 0 radical (unpaired) electrons. The van der Waals surface area contributed by atoms with Crippen molar-refractivity contribution in [3.63, 3.8) is 0 Å². The zero-order valence-electron chi connectivity index (χ0n) is 11.5. The van der Waals surface area contributed by atoms with Crippen LogP contribution in [-0.2, 0) is 5.41 Å². The Balaban J connectivity index is 0.00000289. The van der Waals surface area contributed by atoms with Gasteiger partial charge in [-0.3, -0.25) is 0 Å². The van der Waals surface area contributed by atoms with Gasteiger partial charge < -0.3 is 10.1 Å². The molecule has 0 unspecified atom stereocenters. The summed E-state index contributed by atoms with van der Waals surface area (Å²) in [5.74, 6) is 6.89. The summed E-state index contributed by atoms with van der Waals surface area (Å²) in [7, 11) is 1.88. The molecule has 0 aromatic heterocycles. The Morgan fingerprint density at radius 1 is 1.17 bits per heavy atom. The lowest BCUT2D eigenvalue weighted by Crippen LogP contribution is -2.13. The molecule has 2 nitrogen and oxygen atoms in total. The molecule has 1 rings (SSSR count). The van der Waals surface area contributed by atoms with Gasteiger partial charge in [0.15, 0.2) is 0 Å². The van der Waals surface area contributed by atoms with E-state index in [9.17, 15) is 0 Å². The maximum atomic E-state index is 5.71. The summed E-state index contributed by atoms with van der Waals surface area (Å²) < 4.78 is 5.71. The van der Waals surface area contributed by atoms with Crippen LogP contribution in [0.4, 0.5) is 0 Å². The molecule has 0 heterocycles. The average Bonchev–Trinajstić information content (AvgIpc) is 2.28. The zero-order valence-corrected chi connectivity index (χ0v) is 12.4. The summed E-state index contributed by atoms with van der Waals surface area (Å²) in [6.07, 6.45) is 0. The van der Waals surface area contributed by atoms with Gasteiger partial charge in [0.05, 0.1) is 6.54 Å². The summed E-state index contributed by atoms with van der Waals surface area (Å²) >= 11 is 0. The second kappa shape index (κ2) is 8.02. The molecule has 0 fully saturated rings. The fourth-order valence-electron chi connectivity index (χ4n) is 1.53. The predicted octanol–water partition coefficient (Wildman–Crippen LogP) is 3.01. The Bertz CT molecular complexity index is 412. The number of hydrogen-bond acceptors (Lipinski definition) is 2. The second-order valence-electron chi connectivity index (χ2n) is 4.92. The smallest absolute Gasteiger partial charge is 0.149 e. The fraction of sp³-hybridized carbons (Fsp3) is 0.467. The Morgan fingerprint density at radius 3 is 2.44 bits per heavy atom. The standard InChI is InChI=1S/C15H21NO.ClH/c1-15(2,3)13-9-5-6-10-14(13)17-12-8-7-11-16-4;/h5-6,9-10,16H,11-12H2,1-4H3;1H. The third kappa shape index (κ3) is 5.44. The van der Waals surface area contributed by atoms with Crippen molar-refractivity contribution in [3.05, 3.63) is 29.8 Å². The highest BCUT2D eigenvalue weighted by Crippen LogP contribution is 2.30. The topological polar surface area (TPSA) is 21.3 Å². The Kier molecular flexibility index (Phi) is 7.50. The quantitative estimate of drug-likeness (QED) is 0.850. The summed E-state index contributed by atoms with van der Waals surface area (Å²) in [5, 5.41) is 2.97. The lowest BCUT2D eigenvalue weighted by molar-refractivity contribution is 0.357. The maximum absolute atomic E-state index is 5.71. The van der Waals surface area contributed by atoms with Crippen molar-refractivity contribution < 1.29 is 4.74 Å². The van der Waals surface area contributed by atoms with Gasteiger partial charge >= 0.3 is 0 Å². The van der Waals surface area contributed by atoms with Crippen molar-refractivity contribution >= 4 is 12.4 Å². The van der Waals surface area contributed by atoms with E-state index in [0.29, 0.717) is 13.2 Å². The first-order valence-electron chi connectivity index (χ1n) is 5.88. The van der Waals surface area contributed by atoms with E-state index >= 15 is 0 Å². The number of ether oxygens (including phenoxy) is 1. The maximum Gasteiger partial charge on any atom is 0.149 e. The van der Waals surface area contributed by atoms with E-state index in [2.05, 4.69) is 44.0 Å². The van der Waals surface area contributed by atoms with E-state index in [1.807, 2.05) is 25.2 Å². The van der Waals surface area contributed by atoms with Crippen LogP contribution in [0, 0.1) is 11.8 Å². The van der Waals surface area contributed by atoms with Crippen molar-refractivity contribution in [2.75, 3.05) is 20.2 Å². The molecule has 0 aliphatic rings. The predicted molar refractivity (Wildman–Crippen MR) is 79.6 cm³/mol. The third-order valence-corrected chi connectivity index (χ3v) is 2.39. The number of halogens is 1. The van der Waals surface area contributed by atoms with Crippen LogP contribution in [0.2, 0.25) is 0 Å². The minimum atomic E-state index is 0. The molecule has 0 aliphatic carbocycles. The molecule has 0 amide bonds. The van der Waals surface area contributed by atoms with Crippen LogP contribution < -0.4 is 10.1 Å². The molecule has 0 spiro atoms. The molecule has 0 aliphatic heterocycles. The molecule has 3 heteroatoms. The number of hydrogen-bond donors (Lipinski definition) is 1. The van der Waals surface area contributed by atoms with Crippen molar-refractivity contribution in [1.29, 1.82) is 0 Å². The highest BCUT2D eigenvalue weighted by atomic mass is 35.5. The summed E-state index contributed by atoms with van der Waals surface area (Å²) in [6, 6.07) is 8.14. The van der Waals surface area contributed by atoms with Crippen molar-refractivity contribution in [2.45, 2.75) is 26.2 Å². The first kappa shape index (κ1) is 16.8. The van der Waals surface area contributed by atoms with Gasteiger partial charge in [-0.1, -0.05) is 50.8 Å². The van der Waals surface area contributed by atoms with Crippen molar-refractivity contribution in [2.24, 2.45) is 0 Å². The Morgan fingerprint density at radius 2 is 1.83 bits per heavy atom. The minimum Gasteiger partial charge on any atom is -0.481 e.